The Bertz CT molecular complexity index is 1710. The summed E-state index contributed by atoms with van der Waals surface area (Å²) in [6.45, 7) is 2.38. The lowest BCUT2D eigenvalue weighted by Gasteiger charge is -2.15. The number of nitriles is 1. The van der Waals surface area contributed by atoms with Crippen LogP contribution in [0.3, 0.4) is 0 Å². The van der Waals surface area contributed by atoms with E-state index in [1.807, 2.05) is 48.5 Å². The molecule has 0 saturated carbocycles. The molecule has 0 amide bonds. The van der Waals surface area contributed by atoms with Crippen LogP contribution in [-0.2, 0) is 6.42 Å². The lowest BCUT2D eigenvalue weighted by atomic mass is 10.1. The molecule has 0 aliphatic carbocycles. The van der Waals surface area contributed by atoms with Gasteiger partial charge < -0.3 is 10.6 Å². The van der Waals surface area contributed by atoms with Gasteiger partial charge in [-0.3, -0.25) is 10.1 Å². The molecular formula is C28H22N8O2S. The molecule has 2 aromatic heterocycles. The number of aromatic nitrogens is 2. The zero-order chi connectivity index (χ0) is 27.2. The summed E-state index contributed by atoms with van der Waals surface area (Å²) in [5.41, 5.74) is 3.84. The number of non-ortho nitro benzene ring substituents is 1. The van der Waals surface area contributed by atoms with Gasteiger partial charge >= 0.3 is 0 Å². The van der Waals surface area contributed by atoms with Crippen molar-refractivity contribution in [2.45, 2.75) is 13.3 Å². The number of nitrogens with one attached hydrogen (secondary N) is 2. The number of nitrogens with zero attached hydrogens (tertiary/aromatic N) is 6. The smallest absolute Gasteiger partial charge is 0.270 e. The zero-order valence-corrected chi connectivity index (χ0v) is 21.6. The molecule has 0 aliphatic heterocycles. The molecule has 0 radical (unpaired) electrons. The van der Waals surface area contributed by atoms with Crippen LogP contribution in [0.25, 0.3) is 10.9 Å². The molecule has 0 saturated heterocycles. The average molecular weight is 535 g/mol. The third-order valence-electron chi connectivity index (χ3n) is 6.00. The van der Waals surface area contributed by atoms with E-state index in [-0.39, 0.29) is 5.69 Å². The Kier molecular flexibility index (Phi) is 7.47. The zero-order valence-electron chi connectivity index (χ0n) is 20.8. The first-order valence-electron chi connectivity index (χ1n) is 12.0. The van der Waals surface area contributed by atoms with Crippen molar-refractivity contribution in [1.29, 1.82) is 5.26 Å². The highest BCUT2D eigenvalue weighted by atomic mass is 32.1. The summed E-state index contributed by atoms with van der Waals surface area (Å²) < 4.78 is 4.32. The van der Waals surface area contributed by atoms with Gasteiger partial charge in [0, 0.05) is 35.3 Å². The second kappa shape index (κ2) is 11.5. The molecule has 39 heavy (non-hydrogen) atoms. The van der Waals surface area contributed by atoms with E-state index in [2.05, 4.69) is 43.4 Å². The molecule has 10 nitrogen and oxygen atoms in total. The van der Waals surface area contributed by atoms with Gasteiger partial charge in [-0.05, 0) is 48.6 Å². The van der Waals surface area contributed by atoms with Crippen molar-refractivity contribution < 1.29 is 4.92 Å². The molecule has 2 heterocycles. The fourth-order valence-corrected chi connectivity index (χ4v) is 4.68. The summed E-state index contributed by atoms with van der Waals surface area (Å²) in [6, 6.07) is 26.2. The van der Waals surface area contributed by atoms with E-state index >= 15 is 0 Å². The van der Waals surface area contributed by atoms with Gasteiger partial charge in [0.25, 0.3) is 5.69 Å². The van der Waals surface area contributed by atoms with E-state index < -0.39 is 4.92 Å². The van der Waals surface area contributed by atoms with Crippen molar-refractivity contribution in [2.75, 3.05) is 17.2 Å². The first-order valence-corrected chi connectivity index (χ1v) is 12.8. The first-order chi connectivity index (χ1) is 19.0. The molecule has 11 heteroatoms. The Morgan fingerprint density at radius 3 is 2.49 bits per heavy atom. The lowest BCUT2D eigenvalue weighted by Crippen LogP contribution is -2.10. The summed E-state index contributed by atoms with van der Waals surface area (Å²) in [5, 5.41) is 37.6. The predicted molar refractivity (Wildman–Crippen MR) is 152 cm³/mol. The summed E-state index contributed by atoms with van der Waals surface area (Å²) >= 11 is 1.09. The number of nitro groups is 1. The Morgan fingerprint density at radius 1 is 1.03 bits per heavy atom. The number of benzene rings is 3. The molecule has 3 aromatic carbocycles. The molecule has 0 spiro atoms. The number of hydrogen-bond donors (Lipinski definition) is 2. The largest absolute Gasteiger partial charge is 0.369 e. The highest BCUT2D eigenvalue weighted by molar-refractivity contribution is 7.11. The third kappa shape index (κ3) is 5.71. The molecule has 192 valence electrons. The van der Waals surface area contributed by atoms with E-state index in [0.29, 0.717) is 50.9 Å². The van der Waals surface area contributed by atoms with E-state index in [1.54, 1.807) is 13.0 Å². The third-order valence-corrected chi connectivity index (χ3v) is 6.77. The summed E-state index contributed by atoms with van der Waals surface area (Å²) in [7, 11) is 0. The van der Waals surface area contributed by atoms with Crippen molar-refractivity contribution in [3.8, 4) is 6.07 Å². The van der Waals surface area contributed by atoms with Crippen molar-refractivity contribution in [2.24, 2.45) is 10.2 Å². The summed E-state index contributed by atoms with van der Waals surface area (Å²) in [4.78, 5) is 15.5. The van der Waals surface area contributed by atoms with Crippen molar-refractivity contribution >= 4 is 56.1 Å². The van der Waals surface area contributed by atoms with Gasteiger partial charge in [0.15, 0.2) is 10.8 Å². The van der Waals surface area contributed by atoms with Crippen LogP contribution in [0.2, 0.25) is 0 Å². The van der Waals surface area contributed by atoms with E-state index in [9.17, 15) is 15.4 Å². The Hall–Kier alpha value is -5.21. The minimum atomic E-state index is -0.462. The number of nitro benzene ring substituents is 1. The van der Waals surface area contributed by atoms with Crippen LogP contribution in [-0.4, -0.2) is 20.8 Å². The molecular weight excluding hydrogens is 512 g/mol. The second-order valence-corrected chi connectivity index (χ2v) is 9.32. The molecule has 0 fully saturated rings. The minimum absolute atomic E-state index is 0.0545. The van der Waals surface area contributed by atoms with Gasteiger partial charge in [0.05, 0.1) is 16.0 Å². The molecule has 2 N–H and O–H groups in total. The number of fused-ring (bicyclic) bond motifs is 1. The monoisotopic (exact) mass is 534 g/mol. The van der Waals surface area contributed by atoms with Gasteiger partial charge in [-0.15, -0.1) is 10.2 Å². The molecule has 0 unspecified atom stereocenters. The maximum absolute atomic E-state index is 11.3. The summed E-state index contributed by atoms with van der Waals surface area (Å²) in [5.74, 6) is 0.866. The highest BCUT2D eigenvalue weighted by Crippen LogP contribution is 2.39. The fraction of sp³-hybridized carbons (Fsp3) is 0.107. The lowest BCUT2D eigenvalue weighted by molar-refractivity contribution is -0.384. The van der Waals surface area contributed by atoms with Crippen LogP contribution in [0, 0.1) is 28.4 Å². The number of para-hydroxylation sites is 1. The number of rotatable bonds is 9. The van der Waals surface area contributed by atoms with Gasteiger partial charge in [0.2, 0.25) is 0 Å². The molecule has 0 aliphatic rings. The topological polar surface area (TPSA) is 141 Å². The Balaban J connectivity index is 1.52. The standard InChI is InChI=1S/C28H22N8O2S/c1-18-23(17-29)26(30-15-14-19-8-4-2-5-9-19)32-27(31-20-10-6-3-7-11-20)25(18)33-34-28-22-16-21(36(37)38)12-13-24(22)35-39-28/h2-13,16H,14-15H2,1H3,(H2,30,31,32)/b34-33+. The fourth-order valence-electron chi connectivity index (χ4n) is 3.99. The van der Waals surface area contributed by atoms with Crippen LogP contribution in [0.1, 0.15) is 16.7 Å². The number of azo groups is 1. The van der Waals surface area contributed by atoms with Crippen LogP contribution < -0.4 is 10.6 Å². The van der Waals surface area contributed by atoms with Crippen LogP contribution in [0.15, 0.2) is 89.1 Å². The maximum atomic E-state index is 11.3. The highest BCUT2D eigenvalue weighted by Gasteiger charge is 2.19. The molecule has 0 atom stereocenters. The van der Waals surface area contributed by atoms with E-state index in [4.69, 9.17) is 4.98 Å². The van der Waals surface area contributed by atoms with Crippen molar-refractivity contribution in [3.63, 3.8) is 0 Å². The average Bonchev–Trinajstić information content (AvgIpc) is 3.36. The maximum Gasteiger partial charge on any atom is 0.270 e. The normalized spacial score (nSPS) is 11.0. The quantitative estimate of drug-likeness (QED) is 0.113. The first kappa shape index (κ1) is 25.4. The van der Waals surface area contributed by atoms with Crippen LogP contribution in [0.5, 0.6) is 0 Å². The van der Waals surface area contributed by atoms with Crippen LogP contribution >= 0.6 is 11.5 Å². The number of hydrogen-bond acceptors (Lipinski definition) is 10. The number of anilines is 3. The predicted octanol–water partition coefficient (Wildman–Crippen LogP) is 7.59. The minimum Gasteiger partial charge on any atom is -0.369 e. The summed E-state index contributed by atoms with van der Waals surface area (Å²) in [6.07, 6.45) is 0.764. The van der Waals surface area contributed by atoms with Gasteiger partial charge in [-0.25, -0.2) is 4.98 Å². The van der Waals surface area contributed by atoms with Gasteiger partial charge in [-0.2, -0.15) is 9.64 Å². The number of pyridine rings is 1. The Morgan fingerprint density at radius 2 is 1.77 bits per heavy atom. The van der Waals surface area contributed by atoms with E-state index in [0.717, 1.165) is 23.6 Å². The van der Waals surface area contributed by atoms with Crippen molar-refractivity contribution in [3.05, 3.63) is 106 Å². The van der Waals surface area contributed by atoms with Gasteiger partial charge in [-0.1, -0.05) is 48.5 Å². The Labute approximate surface area is 228 Å². The van der Waals surface area contributed by atoms with Crippen LogP contribution in [0.4, 0.5) is 33.7 Å². The second-order valence-electron chi connectivity index (χ2n) is 8.57. The van der Waals surface area contributed by atoms with Gasteiger partial charge in [0.1, 0.15) is 17.6 Å². The molecule has 0 bridgehead atoms. The molecule has 5 rings (SSSR count). The van der Waals surface area contributed by atoms with Crippen molar-refractivity contribution in [1.82, 2.24) is 9.36 Å². The van der Waals surface area contributed by atoms with E-state index in [1.165, 1.54) is 17.7 Å². The SMILES string of the molecule is Cc1c(C#N)c(NCCc2ccccc2)nc(Nc2ccccc2)c1/N=N/c1snc2ccc([N+](=O)[O-])cc12. The molecule has 5 aromatic rings.